The first-order chi connectivity index (χ1) is 4.33. The Bertz CT molecular complexity index is 57.7. The maximum absolute atomic E-state index is 3.68. The fourth-order valence-corrected chi connectivity index (χ4v) is 0.289. The standard InChI is InChI=1S/C6H11.C3H5.Mg/c1-3-5-6-4-2;1-3-2;/h3H,1-2,4-6H2;1H2,2H3;/q2*-1;+2. The van der Waals surface area contributed by atoms with Gasteiger partial charge in [0.25, 0.3) is 0 Å². The molecule has 0 spiro atoms. The molecule has 0 aromatic rings. The number of allylic oxidation sites excluding steroid dienone is 2. The van der Waals surface area contributed by atoms with Crippen LogP contribution in [0, 0.1) is 13.0 Å². The van der Waals surface area contributed by atoms with E-state index in [4.69, 9.17) is 0 Å². The van der Waals surface area contributed by atoms with Crippen molar-refractivity contribution < 1.29 is 0 Å². The largest absolute Gasteiger partial charge is 2.00 e. The van der Waals surface area contributed by atoms with Crippen LogP contribution in [0.3, 0.4) is 0 Å². The van der Waals surface area contributed by atoms with E-state index in [1.807, 2.05) is 6.08 Å². The first-order valence-electron chi connectivity index (χ1n) is 3.17. The molecule has 0 aromatic carbocycles. The van der Waals surface area contributed by atoms with Crippen molar-refractivity contribution in [3.63, 3.8) is 0 Å². The summed E-state index contributed by atoms with van der Waals surface area (Å²) in [6.45, 7) is 12.2. The molecular weight excluding hydrogens is 132 g/mol. The van der Waals surface area contributed by atoms with Gasteiger partial charge in [-0.15, -0.1) is 6.58 Å². The zero-order valence-corrected chi connectivity index (χ0v) is 8.44. The molecule has 10 heavy (non-hydrogen) atoms. The van der Waals surface area contributed by atoms with Crippen LogP contribution >= 0.6 is 0 Å². The van der Waals surface area contributed by atoms with Gasteiger partial charge in [0, 0.05) is 0 Å². The molecular formula is C9H16Mg. The van der Waals surface area contributed by atoms with Gasteiger partial charge in [-0.05, 0) is 6.42 Å². The average molecular weight is 149 g/mol. The van der Waals surface area contributed by atoms with Gasteiger partial charge in [0.15, 0.2) is 0 Å². The molecule has 0 aromatic heterocycles. The van der Waals surface area contributed by atoms with E-state index in [2.05, 4.69) is 26.2 Å². The minimum absolute atomic E-state index is 0. The first-order valence-corrected chi connectivity index (χ1v) is 3.17. The van der Waals surface area contributed by atoms with Crippen molar-refractivity contribution in [1.82, 2.24) is 0 Å². The van der Waals surface area contributed by atoms with Gasteiger partial charge >= 0.3 is 23.1 Å². The molecule has 0 rings (SSSR count). The van der Waals surface area contributed by atoms with Crippen LogP contribution in [0.2, 0.25) is 0 Å². The van der Waals surface area contributed by atoms with Crippen molar-refractivity contribution in [2.45, 2.75) is 26.2 Å². The second-order valence-electron chi connectivity index (χ2n) is 1.64. The number of hydrogen-bond acceptors (Lipinski definition) is 0. The van der Waals surface area contributed by atoms with Crippen LogP contribution in [0.4, 0.5) is 0 Å². The third kappa shape index (κ3) is 41.1. The number of hydrogen-bond donors (Lipinski definition) is 0. The van der Waals surface area contributed by atoms with Crippen molar-refractivity contribution >= 4 is 23.1 Å². The maximum Gasteiger partial charge on any atom is 2.00 e. The molecule has 1 heteroatoms. The molecule has 0 saturated carbocycles. The molecule has 0 unspecified atom stereocenters. The zero-order chi connectivity index (χ0) is 7.54. The summed E-state index contributed by atoms with van der Waals surface area (Å²) in [6.07, 6.45) is 7.75. The second-order valence-corrected chi connectivity index (χ2v) is 1.64. The van der Waals surface area contributed by atoms with E-state index >= 15 is 0 Å². The Labute approximate surface area is 81.6 Å². The van der Waals surface area contributed by atoms with Gasteiger partial charge in [-0.1, -0.05) is 12.5 Å². The van der Waals surface area contributed by atoms with E-state index < -0.39 is 0 Å². The molecule has 0 N–H and O–H groups in total. The van der Waals surface area contributed by atoms with Crippen LogP contribution in [0.15, 0.2) is 19.2 Å². The van der Waals surface area contributed by atoms with Crippen LogP contribution in [-0.2, 0) is 0 Å². The minimum atomic E-state index is 0. The Kier molecular flexibility index (Phi) is 38.1. The fourth-order valence-electron chi connectivity index (χ4n) is 0.289. The summed E-state index contributed by atoms with van der Waals surface area (Å²) in [5.41, 5.74) is 0. The Morgan fingerprint density at radius 3 is 2.10 bits per heavy atom. The smallest absolute Gasteiger partial charge is 0.507 e. The monoisotopic (exact) mass is 148 g/mol. The molecule has 0 fully saturated rings. The summed E-state index contributed by atoms with van der Waals surface area (Å²) in [4.78, 5) is 0. The predicted octanol–water partition coefficient (Wildman–Crippen LogP) is 2.79. The molecule has 0 heterocycles. The van der Waals surface area contributed by atoms with E-state index in [1.165, 1.54) is 6.42 Å². The Morgan fingerprint density at radius 1 is 1.60 bits per heavy atom. The second kappa shape index (κ2) is 22.8. The summed E-state index contributed by atoms with van der Waals surface area (Å²) < 4.78 is 0. The minimum Gasteiger partial charge on any atom is -0.507 e. The van der Waals surface area contributed by atoms with Crippen molar-refractivity contribution in [2.75, 3.05) is 0 Å². The summed E-state index contributed by atoms with van der Waals surface area (Å²) >= 11 is 0. The summed E-state index contributed by atoms with van der Waals surface area (Å²) in [5, 5.41) is 0. The van der Waals surface area contributed by atoms with Crippen molar-refractivity contribution in [1.29, 1.82) is 0 Å². The molecule has 0 bridgehead atoms. The predicted molar refractivity (Wildman–Crippen MR) is 49.7 cm³/mol. The molecule has 0 nitrogen and oxygen atoms in total. The fraction of sp³-hybridized carbons (Fsp3) is 0.444. The van der Waals surface area contributed by atoms with Crippen LogP contribution in [0.1, 0.15) is 26.2 Å². The molecule has 0 saturated heterocycles. The normalized spacial score (nSPS) is 6.20. The van der Waals surface area contributed by atoms with Crippen LogP contribution < -0.4 is 0 Å². The quantitative estimate of drug-likeness (QED) is 0.250. The molecule has 0 radical (unpaired) electrons. The van der Waals surface area contributed by atoms with Crippen LogP contribution in [0.5, 0.6) is 0 Å². The van der Waals surface area contributed by atoms with E-state index in [-0.39, 0.29) is 23.1 Å². The van der Waals surface area contributed by atoms with Gasteiger partial charge in [0.1, 0.15) is 0 Å². The SMILES string of the molecule is C=CCCC[CH2-].C=[C-]C.[Mg+2]. The molecule has 0 aliphatic heterocycles. The van der Waals surface area contributed by atoms with Gasteiger partial charge in [-0.25, -0.2) is 0 Å². The third-order valence-electron chi connectivity index (χ3n) is 0.658. The number of rotatable bonds is 3. The van der Waals surface area contributed by atoms with Gasteiger partial charge < -0.3 is 13.0 Å². The van der Waals surface area contributed by atoms with Crippen LogP contribution in [-0.4, -0.2) is 23.1 Å². The summed E-state index contributed by atoms with van der Waals surface area (Å²) in [6, 6.07) is 0. The van der Waals surface area contributed by atoms with E-state index in [9.17, 15) is 0 Å². The van der Waals surface area contributed by atoms with Crippen molar-refractivity contribution in [3.8, 4) is 0 Å². The van der Waals surface area contributed by atoms with E-state index in [0.29, 0.717) is 0 Å². The van der Waals surface area contributed by atoms with Gasteiger partial charge in [-0.2, -0.15) is 13.3 Å². The van der Waals surface area contributed by atoms with Gasteiger partial charge in [0.2, 0.25) is 0 Å². The zero-order valence-electron chi connectivity index (χ0n) is 7.03. The molecule has 54 valence electrons. The van der Waals surface area contributed by atoms with Gasteiger partial charge in [-0.3, -0.25) is 6.58 Å². The van der Waals surface area contributed by atoms with Crippen molar-refractivity contribution in [2.24, 2.45) is 0 Å². The van der Waals surface area contributed by atoms with Crippen molar-refractivity contribution in [3.05, 3.63) is 32.2 Å². The molecule has 0 atom stereocenters. The molecule has 0 amide bonds. The van der Waals surface area contributed by atoms with E-state index in [0.717, 1.165) is 12.8 Å². The first kappa shape index (κ1) is 16.7. The Balaban J connectivity index is -0.000000107. The van der Waals surface area contributed by atoms with Gasteiger partial charge in [0.05, 0.1) is 0 Å². The van der Waals surface area contributed by atoms with Crippen LogP contribution in [0.25, 0.3) is 0 Å². The summed E-state index contributed by atoms with van der Waals surface area (Å²) in [7, 11) is 0. The Morgan fingerprint density at radius 2 is 2.00 bits per heavy atom. The molecule has 0 aliphatic carbocycles. The maximum atomic E-state index is 3.68. The summed E-state index contributed by atoms with van der Waals surface area (Å²) in [5.74, 6) is 0. The molecule has 0 aliphatic rings. The van der Waals surface area contributed by atoms with E-state index in [1.54, 1.807) is 6.92 Å². The topological polar surface area (TPSA) is 0 Å². The average Bonchev–Trinajstić information content (AvgIpc) is 1.86. The Hall–Kier alpha value is 0.246. The number of unbranched alkanes of at least 4 members (excludes halogenated alkanes) is 2. The third-order valence-corrected chi connectivity index (χ3v) is 0.658.